The minimum absolute atomic E-state index is 0.134. The summed E-state index contributed by atoms with van der Waals surface area (Å²) in [4.78, 5) is 31.5. The number of likely N-dealkylation sites (N-methyl/N-ethyl adjacent to an activating group) is 1. The summed E-state index contributed by atoms with van der Waals surface area (Å²) in [5.74, 6) is 0.775. The van der Waals surface area contributed by atoms with Gasteiger partial charge in [0.25, 0.3) is 0 Å². The lowest BCUT2D eigenvalue weighted by molar-refractivity contribution is -0.147. The molecule has 3 saturated heterocycles. The number of carbonyl (C=O) groups is 2. The van der Waals surface area contributed by atoms with Crippen LogP contribution in [0.1, 0.15) is 84.7 Å². The van der Waals surface area contributed by atoms with E-state index in [0.717, 1.165) is 61.8 Å². The first-order valence-electron chi connectivity index (χ1n) is 15.5. The fraction of sp³-hybridized carbons (Fsp3) is 0.529. The van der Waals surface area contributed by atoms with Crippen molar-refractivity contribution >= 4 is 22.8 Å². The number of hydrogen-bond donors (Lipinski definition) is 1. The number of fused-ring (bicyclic) bond motifs is 10. The van der Waals surface area contributed by atoms with Crippen LogP contribution in [0.2, 0.25) is 0 Å². The molecule has 4 aliphatic heterocycles. The van der Waals surface area contributed by atoms with Crippen LogP contribution in [-0.4, -0.2) is 70.7 Å². The van der Waals surface area contributed by atoms with E-state index in [9.17, 15) is 14.7 Å². The Labute approximate surface area is 241 Å². The number of carboxylic acids is 1. The smallest absolute Gasteiger partial charge is 0.335 e. The van der Waals surface area contributed by atoms with Gasteiger partial charge in [0.05, 0.1) is 23.8 Å². The molecule has 41 heavy (non-hydrogen) atoms. The van der Waals surface area contributed by atoms with Crippen molar-refractivity contribution in [2.75, 3.05) is 27.2 Å². The van der Waals surface area contributed by atoms with Gasteiger partial charge in [0, 0.05) is 54.1 Å². The van der Waals surface area contributed by atoms with E-state index in [1.807, 2.05) is 18.2 Å². The molecule has 3 aromatic rings. The highest BCUT2D eigenvalue weighted by Crippen LogP contribution is 2.66. The summed E-state index contributed by atoms with van der Waals surface area (Å²) in [5, 5.41) is 11.1. The number of nitrogens with zero attached hydrogens (tertiary/aromatic N) is 3. The van der Waals surface area contributed by atoms with Crippen molar-refractivity contribution in [3.63, 3.8) is 0 Å². The average molecular weight is 554 g/mol. The second-order valence-corrected chi connectivity index (χ2v) is 13.4. The number of benzene rings is 2. The zero-order valence-corrected chi connectivity index (χ0v) is 24.1. The molecular formula is C34H39N3O4. The van der Waals surface area contributed by atoms with E-state index in [2.05, 4.69) is 33.5 Å². The number of ether oxygens (including phenoxy) is 1. The van der Waals surface area contributed by atoms with Gasteiger partial charge in [-0.15, -0.1) is 0 Å². The molecule has 5 heterocycles. The van der Waals surface area contributed by atoms with Crippen molar-refractivity contribution in [2.45, 2.75) is 81.8 Å². The maximum Gasteiger partial charge on any atom is 0.335 e. The van der Waals surface area contributed by atoms with Crippen LogP contribution in [0.15, 0.2) is 36.4 Å². The molecule has 0 radical (unpaired) electrons. The third kappa shape index (κ3) is 3.67. The second kappa shape index (κ2) is 9.09. The first-order chi connectivity index (χ1) is 19.9. The first kappa shape index (κ1) is 25.4. The van der Waals surface area contributed by atoms with Crippen LogP contribution < -0.4 is 4.74 Å². The number of aromatic carboxylic acids is 1. The zero-order chi connectivity index (χ0) is 28.0. The van der Waals surface area contributed by atoms with Crippen molar-refractivity contribution in [3.05, 3.63) is 53.1 Å². The Morgan fingerprint density at radius 3 is 2.49 bits per heavy atom. The highest BCUT2D eigenvalue weighted by molar-refractivity contribution is 6.00. The molecule has 2 aromatic carbocycles. The van der Waals surface area contributed by atoms with Crippen LogP contribution in [0.4, 0.5) is 0 Å². The van der Waals surface area contributed by atoms with E-state index in [0.29, 0.717) is 30.0 Å². The van der Waals surface area contributed by atoms with Crippen LogP contribution in [-0.2, 0) is 11.3 Å². The van der Waals surface area contributed by atoms with Crippen LogP contribution in [0.5, 0.6) is 5.75 Å². The number of hydrogen-bond acceptors (Lipinski definition) is 4. The number of piperidine rings is 2. The van der Waals surface area contributed by atoms with Gasteiger partial charge in [0.2, 0.25) is 5.91 Å². The molecule has 7 nitrogen and oxygen atoms in total. The van der Waals surface area contributed by atoms with Gasteiger partial charge < -0.3 is 19.3 Å². The molecule has 1 aromatic heterocycles. The molecule has 1 amide bonds. The largest absolute Gasteiger partial charge is 0.497 e. The molecule has 7 heteroatoms. The molecule has 2 bridgehead atoms. The molecule has 9 rings (SSSR count). The monoisotopic (exact) mass is 553 g/mol. The highest BCUT2D eigenvalue weighted by Gasteiger charge is 2.65. The maximum absolute atomic E-state index is 14.7. The quantitative estimate of drug-likeness (QED) is 0.438. The summed E-state index contributed by atoms with van der Waals surface area (Å²) in [5.41, 5.74) is 5.71. The first-order valence-corrected chi connectivity index (χ1v) is 15.5. The highest BCUT2D eigenvalue weighted by atomic mass is 16.5. The van der Waals surface area contributed by atoms with Crippen LogP contribution in [0, 0.1) is 5.41 Å². The molecule has 2 unspecified atom stereocenters. The number of rotatable bonds is 4. The minimum Gasteiger partial charge on any atom is -0.497 e. The number of piperazine rings is 1. The summed E-state index contributed by atoms with van der Waals surface area (Å²) >= 11 is 0. The molecule has 5 fully saturated rings. The second-order valence-electron chi connectivity index (χ2n) is 13.4. The predicted octanol–water partition coefficient (Wildman–Crippen LogP) is 5.86. The summed E-state index contributed by atoms with van der Waals surface area (Å²) in [6.45, 7) is 2.36. The van der Waals surface area contributed by atoms with Crippen molar-refractivity contribution in [2.24, 2.45) is 5.41 Å². The van der Waals surface area contributed by atoms with Crippen molar-refractivity contribution in [1.82, 2.24) is 14.4 Å². The Balaban J connectivity index is 1.34. The van der Waals surface area contributed by atoms with E-state index >= 15 is 0 Å². The summed E-state index contributed by atoms with van der Waals surface area (Å²) < 4.78 is 8.07. The SMILES string of the molecule is COc1ccc2c(c1)[C@@H]1C[C@]1(C(=O)N1CC3CCC1CN3C)Cn1c-2c(C2CCCCC2)c2ccc(C(=O)O)cc21. The lowest BCUT2D eigenvalue weighted by atomic mass is 9.81. The Morgan fingerprint density at radius 2 is 1.78 bits per heavy atom. The standard InChI is InChI=1S/C34H39N3O4/c1-35-17-23-10-9-22(35)18-36(23)33(40)34-16-28(34)27-15-24(41-2)11-13-25(27)31-30(20-6-4-3-5-7-20)26-12-8-21(32(38)39)14-29(26)37(31)19-34/h8,11-15,20,22-23,28H,3-7,9-10,16-19H2,1-2H3,(H,38,39)/t22?,23?,28-,34-/m0/s1. The normalized spacial score (nSPS) is 29.0. The molecule has 2 aliphatic carbocycles. The van der Waals surface area contributed by atoms with Gasteiger partial charge in [-0.1, -0.05) is 25.3 Å². The van der Waals surface area contributed by atoms with Crippen molar-refractivity contribution < 1.29 is 19.4 Å². The van der Waals surface area contributed by atoms with Crippen molar-refractivity contribution in [1.29, 1.82) is 0 Å². The number of aromatic nitrogens is 1. The van der Waals surface area contributed by atoms with Gasteiger partial charge in [-0.3, -0.25) is 9.69 Å². The van der Waals surface area contributed by atoms with E-state index in [4.69, 9.17) is 4.74 Å². The van der Waals surface area contributed by atoms with E-state index < -0.39 is 11.4 Å². The number of carbonyl (C=O) groups excluding carboxylic acids is 1. The third-order valence-electron chi connectivity index (χ3n) is 11.3. The molecule has 1 N–H and O–H groups in total. The summed E-state index contributed by atoms with van der Waals surface area (Å²) in [7, 11) is 3.90. The van der Waals surface area contributed by atoms with E-state index in [1.54, 1.807) is 13.2 Å². The molecule has 6 aliphatic rings. The maximum atomic E-state index is 14.7. The Kier molecular flexibility index (Phi) is 5.63. The summed E-state index contributed by atoms with van der Waals surface area (Å²) in [6.07, 6.45) is 9.08. The number of carboxylic acid groups (broad SMARTS) is 1. The molecule has 2 saturated carbocycles. The number of amides is 1. The Bertz CT molecular complexity index is 1590. The average Bonchev–Trinajstić information content (AvgIpc) is 3.67. The van der Waals surface area contributed by atoms with Crippen LogP contribution >= 0.6 is 0 Å². The third-order valence-corrected chi connectivity index (χ3v) is 11.3. The van der Waals surface area contributed by atoms with Gasteiger partial charge in [-0.2, -0.15) is 0 Å². The Morgan fingerprint density at radius 1 is 0.976 bits per heavy atom. The molecule has 4 atom stereocenters. The van der Waals surface area contributed by atoms with Gasteiger partial charge in [-0.25, -0.2) is 4.79 Å². The van der Waals surface area contributed by atoms with Gasteiger partial charge in [0.1, 0.15) is 5.75 Å². The summed E-state index contributed by atoms with van der Waals surface area (Å²) in [6, 6.07) is 12.8. The van der Waals surface area contributed by atoms with E-state index in [-0.39, 0.29) is 12.0 Å². The lowest BCUT2D eigenvalue weighted by Gasteiger charge is -2.51. The fourth-order valence-corrected chi connectivity index (χ4v) is 8.99. The fourth-order valence-electron chi connectivity index (χ4n) is 8.99. The van der Waals surface area contributed by atoms with Gasteiger partial charge in [-0.05, 0) is 86.5 Å². The van der Waals surface area contributed by atoms with E-state index in [1.165, 1.54) is 41.6 Å². The minimum atomic E-state index is -0.913. The molecule has 214 valence electrons. The lowest BCUT2D eigenvalue weighted by Crippen LogP contribution is -2.64. The van der Waals surface area contributed by atoms with Gasteiger partial charge >= 0.3 is 5.97 Å². The molecule has 0 spiro atoms. The Hall–Kier alpha value is -3.32. The molecular weight excluding hydrogens is 514 g/mol. The van der Waals surface area contributed by atoms with Crippen LogP contribution in [0.3, 0.4) is 0 Å². The van der Waals surface area contributed by atoms with Crippen molar-refractivity contribution in [3.8, 4) is 17.0 Å². The predicted molar refractivity (Wildman–Crippen MR) is 158 cm³/mol. The van der Waals surface area contributed by atoms with Gasteiger partial charge in [0.15, 0.2) is 0 Å². The topological polar surface area (TPSA) is 75.0 Å². The zero-order valence-electron chi connectivity index (χ0n) is 24.1. The van der Waals surface area contributed by atoms with Crippen LogP contribution in [0.25, 0.3) is 22.2 Å². The number of methoxy groups -OCH3 is 1.